The Bertz CT molecular complexity index is 660. The summed E-state index contributed by atoms with van der Waals surface area (Å²) in [6.07, 6.45) is 1.25. The molecule has 122 valence electrons. The van der Waals surface area contributed by atoms with Gasteiger partial charge in [0.2, 0.25) is 0 Å². The summed E-state index contributed by atoms with van der Waals surface area (Å²) in [4.78, 5) is 11.7. The van der Waals surface area contributed by atoms with Gasteiger partial charge in [0.15, 0.2) is 0 Å². The van der Waals surface area contributed by atoms with E-state index in [2.05, 4.69) is 29.7 Å². The van der Waals surface area contributed by atoms with E-state index in [9.17, 15) is 4.79 Å². The third-order valence-corrected chi connectivity index (χ3v) is 4.34. The van der Waals surface area contributed by atoms with Crippen molar-refractivity contribution in [3.63, 3.8) is 0 Å². The van der Waals surface area contributed by atoms with Crippen LogP contribution in [0.4, 0.5) is 0 Å². The zero-order valence-corrected chi connectivity index (χ0v) is 13.8. The number of benzene rings is 1. The van der Waals surface area contributed by atoms with Crippen LogP contribution in [0.5, 0.6) is 0 Å². The summed E-state index contributed by atoms with van der Waals surface area (Å²) in [6, 6.07) is 11.9. The minimum Gasteiger partial charge on any atom is -0.464 e. The molecule has 1 aliphatic rings. The number of hydrogen-bond donors (Lipinski definition) is 2. The van der Waals surface area contributed by atoms with Gasteiger partial charge < -0.3 is 15.1 Å². The number of carbonyl (C=O) groups excluding carboxylic acids is 1. The van der Waals surface area contributed by atoms with Crippen LogP contribution in [0.1, 0.15) is 53.6 Å². The van der Waals surface area contributed by atoms with Crippen LogP contribution in [0, 0.1) is 5.92 Å². The Morgan fingerprint density at radius 3 is 2.57 bits per heavy atom. The van der Waals surface area contributed by atoms with Crippen molar-refractivity contribution < 1.29 is 9.21 Å². The third-order valence-electron chi connectivity index (χ3n) is 4.34. The zero-order chi connectivity index (χ0) is 16.2. The molecule has 4 heteroatoms. The maximum atomic E-state index is 11.7. The first kappa shape index (κ1) is 15.8. The highest BCUT2D eigenvalue weighted by molar-refractivity contribution is 5.94. The first-order valence-electron chi connectivity index (χ1n) is 8.34. The van der Waals surface area contributed by atoms with E-state index in [4.69, 9.17) is 4.42 Å². The van der Waals surface area contributed by atoms with Crippen molar-refractivity contribution in [3.05, 3.63) is 59.0 Å². The maximum absolute atomic E-state index is 11.7. The van der Waals surface area contributed by atoms with Gasteiger partial charge in [0.1, 0.15) is 11.5 Å². The van der Waals surface area contributed by atoms with Crippen LogP contribution in [0.2, 0.25) is 0 Å². The van der Waals surface area contributed by atoms with E-state index in [1.807, 2.05) is 31.2 Å². The molecule has 0 saturated heterocycles. The molecule has 0 aliphatic heterocycles. The molecule has 1 saturated carbocycles. The molecule has 1 aliphatic carbocycles. The van der Waals surface area contributed by atoms with Gasteiger partial charge in [0.25, 0.3) is 5.91 Å². The first-order chi connectivity index (χ1) is 11.2. The van der Waals surface area contributed by atoms with Crippen LogP contribution in [0.3, 0.4) is 0 Å². The van der Waals surface area contributed by atoms with Crippen molar-refractivity contribution >= 4 is 5.91 Å². The van der Waals surface area contributed by atoms with E-state index in [1.165, 1.54) is 6.42 Å². The second kappa shape index (κ2) is 7.01. The Morgan fingerprint density at radius 2 is 1.91 bits per heavy atom. The average Bonchev–Trinajstić information content (AvgIpc) is 3.09. The normalized spacial score (nSPS) is 19.6. The lowest BCUT2D eigenvalue weighted by atomic mass is 10.1. The van der Waals surface area contributed by atoms with Gasteiger partial charge in [-0.1, -0.05) is 19.1 Å². The van der Waals surface area contributed by atoms with Crippen molar-refractivity contribution in [2.24, 2.45) is 5.92 Å². The summed E-state index contributed by atoms with van der Waals surface area (Å²) in [5, 5.41) is 6.18. The molecule has 2 unspecified atom stereocenters. The molecule has 4 nitrogen and oxygen atoms in total. The fraction of sp³-hybridized carbons (Fsp3) is 0.421. The molecule has 3 rings (SSSR count). The summed E-state index contributed by atoms with van der Waals surface area (Å²) in [7, 11) is 0. The maximum Gasteiger partial charge on any atom is 0.251 e. The molecular weight excluding hydrogens is 288 g/mol. The molecule has 0 bridgehead atoms. The minimum absolute atomic E-state index is 0.0237. The topological polar surface area (TPSA) is 54.3 Å². The quantitative estimate of drug-likeness (QED) is 0.823. The molecule has 1 aromatic carbocycles. The molecular formula is C19H24N2O2. The number of furan rings is 1. The molecule has 1 aromatic heterocycles. The molecule has 0 spiro atoms. The summed E-state index contributed by atoms with van der Waals surface area (Å²) >= 11 is 0. The highest BCUT2D eigenvalue weighted by Gasteiger charge is 2.36. The van der Waals surface area contributed by atoms with Crippen LogP contribution in [0.25, 0.3) is 0 Å². The van der Waals surface area contributed by atoms with E-state index in [0.29, 0.717) is 18.0 Å². The van der Waals surface area contributed by atoms with Gasteiger partial charge >= 0.3 is 0 Å². The van der Waals surface area contributed by atoms with Gasteiger partial charge in [0.05, 0.1) is 6.54 Å². The smallest absolute Gasteiger partial charge is 0.251 e. The molecule has 2 atom stereocenters. The Balaban J connectivity index is 1.47. The fourth-order valence-corrected chi connectivity index (χ4v) is 2.77. The Morgan fingerprint density at radius 1 is 1.17 bits per heavy atom. The summed E-state index contributed by atoms with van der Waals surface area (Å²) in [5.74, 6) is 3.49. The van der Waals surface area contributed by atoms with E-state index >= 15 is 0 Å². The second-order valence-electron chi connectivity index (χ2n) is 6.28. The lowest BCUT2D eigenvalue weighted by Gasteiger charge is -2.05. The van der Waals surface area contributed by atoms with Crippen molar-refractivity contribution in [3.8, 4) is 0 Å². The van der Waals surface area contributed by atoms with Crippen LogP contribution in [-0.4, -0.2) is 12.5 Å². The number of nitrogens with one attached hydrogen (secondary N) is 2. The standard InChI is InChI=1S/C19H24N2O2/c1-3-21-19(22)15-6-4-14(5-7-15)11-20-12-16-8-9-18(23-16)17-10-13(17)2/h4-9,13,17,20H,3,10-12H2,1-2H3,(H,21,22). The van der Waals surface area contributed by atoms with E-state index in [-0.39, 0.29) is 5.91 Å². The van der Waals surface area contributed by atoms with Gasteiger partial charge in [-0.05, 0) is 49.1 Å². The van der Waals surface area contributed by atoms with Crippen molar-refractivity contribution in [1.82, 2.24) is 10.6 Å². The minimum atomic E-state index is -0.0237. The predicted octanol–water partition coefficient (Wildman–Crippen LogP) is 3.44. The molecule has 23 heavy (non-hydrogen) atoms. The van der Waals surface area contributed by atoms with Crippen molar-refractivity contribution in [1.29, 1.82) is 0 Å². The number of hydrogen-bond acceptors (Lipinski definition) is 3. The average molecular weight is 312 g/mol. The Labute approximate surface area is 137 Å². The van der Waals surface area contributed by atoms with Crippen LogP contribution < -0.4 is 10.6 Å². The number of amides is 1. The van der Waals surface area contributed by atoms with Gasteiger partial charge in [-0.25, -0.2) is 0 Å². The van der Waals surface area contributed by atoms with Crippen LogP contribution in [-0.2, 0) is 13.1 Å². The van der Waals surface area contributed by atoms with Crippen LogP contribution in [0.15, 0.2) is 40.8 Å². The second-order valence-corrected chi connectivity index (χ2v) is 6.28. The van der Waals surface area contributed by atoms with Gasteiger partial charge in [-0.15, -0.1) is 0 Å². The van der Waals surface area contributed by atoms with E-state index in [1.54, 1.807) is 0 Å². The number of rotatable bonds is 7. The van der Waals surface area contributed by atoms with Gasteiger partial charge in [0, 0.05) is 24.6 Å². The molecule has 0 radical (unpaired) electrons. The predicted molar refractivity (Wildman–Crippen MR) is 90.2 cm³/mol. The monoisotopic (exact) mass is 312 g/mol. The van der Waals surface area contributed by atoms with E-state index in [0.717, 1.165) is 36.1 Å². The lowest BCUT2D eigenvalue weighted by Crippen LogP contribution is -2.22. The highest BCUT2D eigenvalue weighted by Crippen LogP contribution is 2.47. The SMILES string of the molecule is CCNC(=O)c1ccc(CNCc2ccc(C3CC3C)o2)cc1. The molecule has 1 amide bonds. The third kappa shape index (κ3) is 4.02. The molecule has 2 aromatic rings. The lowest BCUT2D eigenvalue weighted by molar-refractivity contribution is 0.0956. The number of carbonyl (C=O) groups is 1. The summed E-state index contributed by atoms with van der Waals surface area (Å²) in [6.45, 7) is 6.30. The highest BCUT2D eigenvalue weighted by atomic mass is 16.3. The van der Waals surface area contributed by atoms with Crippen molar-refractivity contribution in [2.45, 2.75) is 39.3 Å². The fourth-order valence-electron chi connectivity index (χ4n) is 2.77. The van der Waals surface area contributed by atoms with Crippen LogP contribution >= 0.6 is 0 Å². The molecule has 1 fully saturated rings. The Kier molecular flexibility index (Phi) is 4.82. The van der Waals surface area contributed by atoms with Gasteiger partial charge in [-0.3, -0.25) is 4.79 Å². The summed E-state index contributed by atoms with van der Waals surface area (Å²) < 4.78 is 5.88. The zero-order valence-electron chi connectivity index (χ0n) is 13.8. The first-order valence-corrected chi connectivity index (χ1v) is 8.34. The van der Waals surface area contributed by atoms with Gasteiger partial charge in [-0.2, -0.15) is 0 Å². The van der Waals surface area contributed by atoms with Crippen molar-refractivity contribution in [2.75, 3.05) is 6.54 Å². The molecule has 2 N–H and O–H groups in total. The van der Waals surface area contributed by atoms with E-state index < -0.39 is 0 Å². The largest absolute Gasteiger partial charge is 0.464 e. The Hall–Kier alpha value is -2.07. The summed E-state index contributed by atoms with van der Waals surface area (Å²) in [5.41, 5.74) is 1.85. The molecule has 1 heterocycles.